The van der Waals surface area contributed by atoms with Crippen molar-refractivity contribution in [2.24, 2.45) is 0 Å². The van der Waals surface area contributed by atoms with Gasteiger partial charge in [0, 0.05) is 13.1 Å². The Kier molecular flexibility index (Phi) is 2.34. The normalized spacial score (nSPS) is 18.1. The van der Waals surface area contributed by atoms with Gasteiger partial charge in [-0.1, -0.05) is 0 Å². The van der Waals surface area contributed by atoms with E-state index in [1.54, 1.807) is 0 Å². The molecule has 0 aromatic carbocycles. The quantitative estimate of drug-likeness (QED) is 0.783. The molecule has 0 unspecified atom stereocenters. The fourth-order valence-electron chi connectivity index (χ4n) is 1.24. The van der Waals surface area contributed by atoms with Gasteiger partial charge in [0.1, 0.15) is 12.4 Å². The molecule has 6 heteroatoms. The van der Waals surface area contributed by atoms with E-state index in [0.717, 1.165) is 6.42 Å². The van der Waals surface area contributed by atoms with Gasteiger partial charge in [-0.3, -0.25) is 0 Å². The molecule has 2 rings (SSSR count). The first-order chi connectivity index (χ1) is 6.64. The molecule has 2 heterocycles. The number of aliphatic hydroxyl groups excluding tert-OH is 1. The molecule has 14 heavy (non-hydrogen) atoms. The summed E-state index contributed by atoms with van der Waals surface area (Å²) in [6, 6.07) is 2.84. The van der Waals surface area contributed by atoms with Gasteiger partial charge in [-0.2, -0.15) is 4.31 Å². The summed E-state index contributed by atoms with van der Waals surface area (Å²) in [4.78, 5) is 0. The standard InChI is InChI=1S/C8H11NO4S/c10-6-7-2-3-8(13-7)14(11,12)9-4-1-5-9/h2-3,10H,1,4-6H2. The van der Waals surface area contributed by atoms with Gasteiger partial charge in [0.15, 0.2) is 0 Å². The van der Waals surface area contributed by atoms with Gasteiger partial charge in [-0.25, -0.2) is 8.42 Å². The fourth-order valence-corrected chi connectivity index (χ4v) is 2.68. The van der Waals surface area contributed by atoms with E-state index in [1.807, 2.05) is 0 Å². The summed E-state index contributed by atoms with van der Waals surface area (Å²) in [7, 11) is -3.44. The summed E-state index contributed by atoms with van der Waals surface area (Å²) in [5.41, 5.74) is 0. The Labute approximate surface area is 82.0 Å². The molecule has 1 aliphatic heterocycles. The molecule has 0 radical (unpaired) electrons. The maximum atomic E-state index is 11.7. The molecule has 0 atom stereocenters. The average Bonchev–Trinajstić information content (AvgIpc) is 2.47. The minimum atomic E-state index is -3.44. The lowest BCUT2D eigenvalue weighted by atomic mass is 10.3. The second-order valence-electron chi connectivity index (χ2n) is 3.14. The van der Waals surface area contributed by atoms with Crippen LogP contribution in [-0.4, -0.2) is 30.9 Å². The average molecular weight is 217 g/mol. The summed E-state index contributed by atoms with van der Waals surface area (Å²) in [5.74, 6) is 0.268. The van der Waals surface area contributed by atoms with Crippen molar-refractivity contribution in [2.45, 2.75) is 18.1 Å². The lowest BCUT2D eigenvalue weighted by Gasteiger charge is -2.28. The van der Waals surface area contributed by atoms with Crippen LogP contribution in [0.4, 0.5) is 0 Å². The first kappa shape index (κ1) is 9.70. The summed E-state index contributed by atoms with van der Waals surface area (Å²) in [5, 5.41) is 8.64. The summed E-state index contributed by atoms with van der Waals surface area (Å²) in [6.07, 6.45) is 0.896. The van der Waals surface area contributed by atoms with E-state index in [0.29, 0.717) is 13.1 Å². The maximum Gasteiger partial charge on any atom is 0.276 e. The Bertz CT molecular complexity index is 418. The monoisotopic (exact) mass is 217 g/mol. The molecule has 0 spiro atoms. The predicted molar refractivity (Wildman–Crippen MR) is 48.0 cm³/mol. The van der Waals surface area contributed by atoms with Crippen molar-refractivity contribution in [3.8, 4) is 0 Å². The van der Waals surface area contributed by atoms with E-state index in [1.165, 1.54) is 16.4 Å². The zero-order valence-electron chi connectivity index (χ0n) is 7.51. The Morgan fingerprint density at radius 1 is 1.43 bits per heavy atom. The highest BCUT2D eigenvalue weighted by Crippen LogP contribution is 2.22. The van der Waals surface area contributed by atoms with Gasteiger partial charge in [-0.15, -0.1) is 0 Å². The van der Waals surface area contributed by atoms with Crippen LogP contribution < -0.4 is 0 Å². The van der Waals surface area contributed by atoms with Crippen LogP contribution >= 0.6 is 0 Å². The van der Waals surface area contributed by atoms with Crippen LogP contribution in [0.3, 0.4) is 0 Å². The molecule has 1 aromatic rings. The molecular weight excluding hydrogens is 206 g/mol. The summed E-state index contributed by atoms with van der Waals surface area (Å²) >= 11 is 0. The predicted octanol–water partition coefficient (Wildman–Crippen LogP) is 0.166. The second-order valence-corrected chi connectivity index (χ2v) is 5.01. The first-order valence-electron chi connectivity index (χ1n) is 4.34. The third-order valence-electron chi connectivity index (χ3n) is 2.20. The fraction of sp³-hybridized carbons (Fsp3) is 0.500. The third kappa shape index (κ3) is 1.45. The smallest absolute Gasteiger partial charge is 0.276 e. The van der Waals surface area contributed by atoms with Crippen LogP contribution in [0.2, 0.25) is 0 Å². The Morgan fingerprint density at radius 3 is 2.57 bits per heavy atom. The molecule has 0 saturated carbocycles. The number of aliphatic hydroxyl groups is 1. The van der Waals surface area contributed by atoms with Crippen molar-refractivity contribution in [2.75, 3.05) is 13.1 Å². The van der Waals surface area contributed by atoms with Crippen LogP contribution in [0.1, 0.15) is 12.2 Å². The molecule has 0 bridgehead atoms. The highest BCUT2D eigenvalue weighted by Gasteiger charge is 2.31. The van der Waals surface area contributed by atoms with Gasteiger partial charge in [-0.05, 0) is 18.6 Å². The molecule has 1 saturated heterocycles. The molecule has 1 N–H and O–H groups in total. The highest BCUT2D eigenvalue weighted by atomic mass is 32.2. The molecule has 78 valence electrons. The molecule has 0 aliphatic carbocycles. The molecule has 1 aromatic heterocycles. The van der Waals surface area contributed by atoms with E-state index >= 15 is 0 Å². The van der Waals surface area contributed by atoms with Crippen molar-refractivity contribution in [1.82, 2.24) is 4.31 Å². The third-order valence-corrected chi connectivity index (χ3v) is 3.97. The van der Waals surface area contributed by atoms with E-state index < -0.39 is 10.0 Å². The summed E-state index contributed by atoms with van der Waals surface area (Å²) in [6.45, 7) is 0.824. The maximum absolute atomic E-state index is 11.7. The van der Waals surface area contributed by atoms with Crippen molar-refractivity contribution in [3.63, 3.8) is 0 Å². The van der Waals surface area contributed by atoms with E-state index in [2.05, 4.69) is 0 Å². The topological polar surface area (TPSA) is 70.8 Å². The number of hydrogen-bond acceptors (Lipinski definition) is 4. The number of rotatable bonds is 3. The van der Waals surface area contributed by atoms with E-state index in [4.69, 9.17) is 9.52 Å². The van der Waals surface area contributed by atoms with Crippen LogP contribution in [-0.2, 0) is 16.6 Å². The van der Waals surface area contributed by atoms with Gasteiger partial charge in [0.05, 0.1) is 0 Å². The minimum absolute atomic E-state index is 0.0822. The highest BCUT2D eigenvalue weighted by molar-refractivity contribution is 7.89. The van der Waals surface area contributed by atoms with Crippen LogP contribution in [0.5, 0.6) is 0 Å². The Hall–Kier alpha value is -0.850. The largest absolute Gasteiger partial charge is 0.446 e. The molecule has 5 nitrogen and oxygen atoms in total. The van der Waals surface area contributed by atoms with Crippen LogP contribution in [0.15, 0.2) is 21.6 Å². The molecule has 1 aliphatic rings. The van der Waals surface area contributed by atoms with Gasteiger partial charge in [0.25, 0.3) is 10.0 Å². The second kappa shape index (κ2) is 3.38. The van der Waals surface area contributed by atoms with E-state index in [-0.39, 0.29) is 17.5 Å². The Morgan fingerprint density at radius 2 is 2.14 bits per heavy atom. The lowest BCUT2D eigenvalue weighted by Crippen LogP contribution is -2.41. The SMILES string of the molecule is O=S(=O)(c1ccc(CO)o1)N1CCC1. The van der Waals surface area contributed by atoms with Gasteiger partial charge in [0.2, 0.25) is 5.09 Å². The van der Waals surface area contributed by atoms with Gasteiger partial charge < -0.3 is 9.52 Å². The number of sulfonamides is 1. The van der Waals surface area contributed by atoms with Crippen molar-refractivity contribution in [3.05, 3.63) is 17.9 Å². The van der Waals surface area contributed by atoms with Crippen LogP contribution in [0.25, 0.3) is 0 Å². The van der Waals surface area contributed by atoms with Crippen molar-refractivity contribution >= 4 is 10.0 Å². The van der Waals surface area contributed by atoms with E-state index in [9.17, 15) is 8.42 Å². The Balaban J connectivity index is 2.28. The number of hydrogen-bond donors (Lipinski definition) is 1. The van der Waals surface area contributed by atoms with Crippen molar-refractivity contribution < 1.29 is 17.9 Å². The number of nitrogens with zero attached hydrogens (tertiary/aromatic N) is 1. The zero-order chi connectivity index (χ0) is 10.2. The number of furan rings is 1. The lowest BCUT2D eigenvalue weighted by molar-refractivity contribution is 0.232. The molecule has 1 fully saturated rings. The van der Waals surface area contributed by atoms with Gasteiger partial charge >= 0.3 is 0 Å². The van der Waals surface area contributed by atoms with Crippen molar-refractivity contribution in [1.29, 1.82) is 0 Å². The molecular formula is C8H11NO4S. The van der Waals surface area contributed by atoms with Crippen LogP contribution in [0, 0.1) is 0 Å². The molecule has 0 amide bonds. The first-order valence-corrected chi connectivity index (χ1v) is 5.78. The minimum Gasteiger partial charge on any atom is -0.446 e. The zero-order valence-corrected chi connectivity index (χ0v) is 8.33. The summed E-state index contributed by atoms with van der Waals surface area (Å²) < 4.78 is 29.7.